The predicted octanol–water partition coefficient (Wildman–Crippen LogP) is 4.17. The molecule has 0 amide bonds. The number of nitrogens with two attached hydrogens (primary N) is 1. The maximum atomic E-state index is 7.28. The van der Waals surface area contributed by atoms with E-state index in [2.05, 4.69) is 9.83 Å². The fourth-order valence-electron chi connectivity index (χ4n) is 3.93. The fourth-order valence-corrected chi connectivity index (χ4v) is 3.93. The number of aromatic nitrogens is 1. The van der Waals surface area contributed by atoms with Crippen LogP contribution in [0.15, 0.2) is 72.0 Å². The van der Waals surface area contributed by atoms with E-state index in [1.54, 1.807) is 25.5 Å². The third-order valence-electron chi connectivity index (χ3n) is 5.42. The summed E-state index contributed by atoms with van der Waals surface area (Å²) in [5.74, 6) is 1.01. The largest absolute Gasteiger partial charge is 0.485 e. The number of nitrogens with zero attached hydrogens (tertiary/aromatic N) is 4. The van der Waals surface area contributed by atoms with Crippen molar-refractivity contribution in [2.75, 3.05) is 7.05 Å². The van der Waals surface area contributed by atoms with Gasteiger partial charge in [-0.1, -0.05) is 24.3 Å². The average Bonchev–Trinajstić information content (AvgIpc) is 3.07. The number of rotatable bonds is 2. The molecule has 30 heavy (non-hydrogen) atoms. The van der Waals surface area contributed by atoms with Crippen LogP contribution in [0.3, 0.4) is 0 Å². The summed E-state index contributed by atoms with van der Waals surface area (Å²) in [4.78, 5) is 18.5. The Morgan fingerprint density at radius 1 is 1.13 bits per heavy atom. The molecule has 0 bridgehead atoms. The zero-order valence-corrected chi connectivity index (χ0v) is 16.3. The van der Waals surface area contributed by atoms with E-state index in [1.165, 1.54) is 5.06 Å². The Hall–Kier alpha value is -3.89. The molecule has 3 aromatic rings. The number of pyridine rings is 1. The van der Waals surface area contributed by atoms with Gasteiger partial charge in [0.05, 0.1) is 12.1 Å². The normalized spacial score (nSPS) is 22.2. The Bertz CT molecular complexity index is 1190. The highest BCUT2D eigenvalue weighted by Crippen LogP contribution is 2.50. The van der Waals surface area contributed by atoms with Gasteiger partial charge in [-0.3, -0.25) is 4.98 Å². The lowest BCUT2D eigenvalue weighted by atomic mass is 9.88. The molecule has 148 valence electrons. The number of hydrogen-bond acceptors (Lipinski definition) is 6. The highest BCUT2D eigenvalue weighted by Gasteiger charge is 2.49. The van der Waals surface area contributed by atoms with Gasteiger partial charge in [0.2, 0.25) is 11.7 Å². The summed E-state index contributed by atoms with van der Waals surface area (Å²) in [7, 11) is 1.74. The number of aliphatic imine (C=N–C) groups is 1. The molecule has 2 aliphatic rings. The minimum absolute atomic E-state index is 0.250. The molecule has 2 atom stereocenters. The lowest BCUT2D eigenvalue weighted by molar-refractivity contribution is -0.191. The lowest BCUT2D eigenvalue weighted by Crippen LogP contribution is -2.36. The maximum Gasteiger partial charge on any atom is 0.222 e. The maximum absolute atomic E-state index is 7.28. The molecule has 1 aromatic heterocycles. The topological polar surface area (TPSA) is 77.3 Å². The molecule has 0 saturated carbocycles. The number of hydrogen-bond donors (Lipinski definition) is 1. The summed E-state index contributed by atoms with van der Waals surface area (Å²) in [6.07, 6.45) is 3.71. The van der Waals surface area contributed by atoms with Crippen LogP contribution < -0.4 is 10.5 Å². The fraction of sp³-hybridized carbons (Fsp3) is 0.174. The van der Waals surface area contributed by atoms with Crippen molar-refractivity contribution in [2.24, 2.45) is 10.7 Å². The molecule has 2 unspecified atom stereocenters. The summed E-state index contributed by atoms with van der Waals surface area (Å²) in [5.41, 5.74) is 9.40. The van der Waals surface area contributed by atoms with Crippen molar-refractivity contribution in [1.82, 2.24) is 10.0 Å². The SMILES string of the molecule is [C-]#[N+]c1cccc(-c2ccc3c(c2)C2(CC(c4ccncc4)O3)N=C(N)N(C)O2)c1. The quantitative estimate of drug-likeness (QED) is 0.657. The van der Waals surface area contributed by atoms with Crippen molar-refractivity contribution in [3.05, 3.63) is 89.5 Å². The first-order valence-corrected chi connectivity index (χ1v) is 9.55. The van der Waals surface area contributed by atoms with Crippen LogP contribution in [-0.4, -0.2) is 23.1 Å². The molecule has 0 fully saturated rings. The van der Waals surface area contributed by atoms with Gasteiger partial charge in [-0.25, -0.2) is 19.7 Å². The highest BCUT2D eigenvalue weighted by molar-refractivity contribution is 5.79. The van der Waals surface area contributed by atoms with Crippen molar-refractivity contribution in [3.8, 4) is 16.9 Å². The molecule has 0 radical (unpaired) electrons. The Balaban J connectivity index is 1.63. The summed E-state index contributed by atoms with van der Waals surface area (Å²) in [6, 6.07) is 17.3. The second kappa shape index (κ2) is 6.87. The van der Waals surface area contributed by atoms with E-state index in [0.29, 0.717) is 23.8 Å². The van der Waals surface area contributed by atoms with Crippen molar-refractivity contribution < 1.29 is 9.57 Å². The molecule has 2 N–H and O–H groups in total. The van der Waals surface area contributed by atoms with Crippen LogP contribution in [0.1, 0.15) is 23.7 Å². The van der Waals surface area contributed by atoms with Gasteiger partial charge in [-0.05, 0) is 47.0 Å². The predicted molar refractivity (Wildman–Crippen MR) is 113 cm³/mol. The van der Waals surface area contributed by atoms with Gasteiger partial charge in [0, 0.05) is 25.9 Å². The van der Waals surface area contributed by atoms with Crippen molar-refractivity contribution >= 4 is 11.6 Å². The molecular weight excluding hydrogens is 378 g/mol. The lowest BCUT2D eigenvalue weighted by Gasteiger charge is -2.37. The van der Waals surface area contributed by atoms with Crippen LogP contribution in [0.5, 0.6) is 5.75 Å². The number of fused-ring (bicyclic) bond motifs is 2. The third kappa shape index (κ3) is 2.95. The number of benzene rings is 2. The molecular formula is C23H19N5O2. The van der Waals surface area contributed by atoms with Crippen molar-refractivity contribution in [1.29, 1.82) is 0 Å². The van der Waals surface area contributed by atoms with E-state index in [-0.39, 0.29) is 6.10 Å². The highest BCUT2D eigenvalue weighted by atomic mass is 16.7. The van der Waals surface area contributed by atoms with Gasteiger partial charge in [0.15, 0.2) is 5.69 Å². The van der Waals surface area contributed by atoms with Gasteiger partial charge < -0.3 is 10.5 Å². The van der Waals surface area contributed by atoms with E-state index in [4.69, 9.17) is 26.9 Å². The standard InChI is InChI=1S/C23H19N5O2/c1-25-18-5-3-4-16(12-18)17-6-7-20-19(13-17)23(27-22(24)28(2)30-23)14-21(29-20)15-8-10-26-11-9-15/h3-13,21H,14H2,2H3,(H2,24,27). The first-order valence-electron chi connectivity index (χ1n) is 9.55. The summed E-state index contributed by atoms with van der Waals surface area (Å²) in [5, 5.41) is 1.49. The second-order valence-corrected chi connectivity index (χ2v) is 7.31. The minimum Gasteiger partial charge on any atom is -0.485 e. The monoisotopic (exact) mass is 397 g/mol. The zero-order valence-electron chi connectivity index (χ0n) is 16.3. The minimum atomic E-state index is -0.978. The zero-order chi connectivity index (χ0) is 20.7. The smallest absolute Gasteiger partial charge is 0.222 e. The average molecular weight is 397 g/mol. The molecule has 7 heteroatoms. The van der Waals surface area contributed by atoms with Gasteiger partial charge >= 0.3 is 0 Å². The molecule has 7 nitrogen and oxygen atoms in total. The number of guanidine groups is 1. The van der Waals surface area contributed by atoms with E-state index in [1.807, 2.05) is 48.5 Å². The summed E-state index contributed by atoms with van der Waals surface area (Å²) >= 11 is 0. The molecule has 3 heterocycles. The van der Waals surface area contributed by atoms with Gasteiger partial charge in [0.25, 0.3) is 0 Å². The molecule has 5 rings (SSSR count). The Labute approximate surface area is 174 Å². The van der Waals surface area contributed by atoms with Crippen LogP contribution in [-0.2, 0) is 10.6 Å². The van der Waals surface area contributed by atoms with Crippen LogP contribution in [0.2, 0.25) is 0 Å². The molecule has 0 aliphatic carbocycles. The van der Waals surface area contributed by atoms with Crippen LogP contribution in [0.25, 0.3) is 16.0 Å². The summed E-state index contributed by atoms with van der Waals surface area (Å²) in [6.45, 7) is 7.28. The van der Waals surface area contributed by atoms with Gasteiger partial charge in [-0.2, -0.15) is 0 Å². The number of ether oxygens (including phenoxy) is 1. The molecule has 1 spiro atoms. The first kappa shape index (κ1) is 18.2. The number of hydroxylamine groups is 2. The molecule has 2 aromatic carbocycles. The molecule has 0 saturated heterocycles. The Morgan fingerprint density at radius 2 is 1.93 bits per heavy atom. The Kier molecular flexibility index (Phi) is 4.16. The van der Waals surface area contributed by atoms with E-state index < -0.39 is 5.72 Å². The van der Waals surface area contributed by atoms with Crippen molar-refractivity contribution in [3.63, 3.8) is 0 Å². The van der Waals surface area contributed by atoms with E-state index >= 15 is 0 Å². The van der Waals surface area contributed by atoms with Gasteiger partial charge in [0.1, 0.15) is 11.9 Å². The third-order valence-corrected chi connectivity index (χ3v) is 5.42. The van der Waals surface area contributed by atoms with Gasteiger partial charge in [-0.15, -0.1) is 0 Å². The van der Waals surface area contributed by atoms with E-state index in [9.17, 15) is 0 Å². The first-order chi connectivity index (χ1) is 14.6. The second-order valence-electron chi connectivity index (χ2n) is 7.31. The van der Waals surface area contributed by atoms with E-state index in [0.717, 1.165) is 22.3 Å². The Morgan fingerprint density at radius 3 is 2.67 bits per heavy atom. The van der Waals surface area contributed by atoms with Crippen molar-refractivity contribution in [2.45, 2.75) is 18.2 Å². The molecule has 2 aliphatic heterocycles. The van der Waals surface area contributed by atoms with Crippen LogP contribution in [0.4, 0.5) is 5.69 Å². The summed E-state index contributed by atoms with van der Waals surface area (Å²) < 4.78 is 6.33. The van der Waals surface area contributed by atoms with Crippen LogP contribution in [0, 0.1) is 6.57 Å². The van der Waals surface area contributed by atoms with Crippen LogP contribution >= 0.6 is 0 Å².